The van der Waals surface area contributed by atoms with Gasteiger partial charge in [0.15, 0.2) is 0 Å². The molecule has 0 aromatic heterocycles. The number of carbonyl (C=O) groups excluding carboxylic acids is 1. The smallest absolute Gasteiger partial charge is 0.220 e. The predicted octanol–water partition coefficient (Wildman–Crippen LogP) is 13.7. The summed E-state index contributed by atoms with van der Waals surface area (Å²) in [4.78, 5) is 12.4. The Kier molecular flexibility index (Phi) is 41.0. The van der Waals surface area contributed by atoms with E-state index in [-0.39, 0.29) is 12.5 Å². The monoisotopic (exact) mass is 722 g/mol. The average molecular weight is 722 g/mol. The number of aliphatic hydroxyl groups is 2. The van der Waals surface area contributed by atoms with Gasteiger partial charge >= 0.3 is 0 Å². The zero-order chi connectivity index (χ0) is 37.8. The van der Waals surface area contributed by atoms with E-state index in [1.54, 1.807) is 6.08 Å². The van der Waals surface area contributed by atoms with Crippen LogP contribution in [-0.2, 0) is 4.79 Å². The molecule has 52 heavy (non-hydrogen) atoms. The number of nitrogens with one attached hydrogen (secondary N) is 1. The second kappa shape index (κ2) is 43.0. The van der Waals surface area contributed by atoms with Gasteiger partial charge in [0, 0.05) is 6.42 Å². The third kappa shape index (κ3) is 38.8. The molecule has 0 aliphatic heterocycles. The summed E-state index contributed by atoms with van der Waals surface area (Å²) in [5, 5.41) is 23.0. The van der Waals surface area contributed by atoms with Crippen LogP contribution in [0.2, 0.25) is 0 Å². The van der Waals surface area contributed by atoms with E-state index in [1.165, 1.54) is 89.9 Å². The van der Waals surface area contributed by atoms with Crippen molar-refractivity contribution in [3.05, 3.63) is 85.1 Å². The summed E-state index contributed by atoms with van der Waals surface area (Å²) in [6, 6.07) is -0.663. The van der Waals surface area contributed by atoms with Gasteiger partial charge in [-0.2, -0.15) is 0 Å². The number of amides is 1. The standard InChI is InChI=1S/C48H83NO3/c1-3-5-7-9-11-13-15-17-19-21-22-23-24-25-26-28-29-31-33-35-37-39-41-43-47(51)46(45-50)49-48(52)44-42-40-38-36-34-32-30-27-20-18-16-14-12-10-8-6-4-2/h6,8,12,14,18,20,26,28,30,32-33,35,41,43,46-47,50-51H,3-5,7,9-11,13,15-17,19,21-25,27,29,31,34,36-40,42,44-45H2,1-2H3,(H,49,52)/b8-6-,14-12-,20-18-,28-26+,32-30-,35-33+,43-41+. The highest BCUT2D eigenvalue weighted by atomic mass is 16.3. The van der Waals surface area contributed by atoms with E-state index in [1.807, 2.05) is 6.08 Å². The normalized spacial score (nSPS) is 13.8. The fraction of sp³-hybridized carbons (Fsp3) is 0.688. The van der Waals surface area contributed by atoms with Crippen molar-refractivity contribution in [2.24, 2.45) is 0 Å². The number of hydrogen-bond donors (Lipinski definition) is 3. The maximum absolute atomic E-state index is 12.4. The van der Waals surface area contributed by atoms with E-state index in [2.05, 4.69) is 92.1 Å². The first-order valence-corrected chi connectivity index (χ1v) is 21.8. The van der Waals surface area contributed by atoms with Gasteiger partial charge in [0.1, 0.15) is 0 Å². The molecule has 0 saturated carbocycles. The molecule has 1 amide bonds. The molecule has 3 N–H and O–H groups in total. The Balaban J connectivity index is 3.71. The van der Waals surface area contributed by atoms with Crippen LogP contribution < -0.4 is 5.32 Å². The Hall–Kier alpha value is -2.43. The molecular weight excluding hydrogens is 639 g/mol. The summed E-state index contributed by atoms with van der Waals surface area (Å²) in [6.45, 7) is 4.16. The molecule has 0 aliphatic rings. The highest BCUT2D eigenvalue weighted by molar-refractivity contribution is 5.76. The van der Waals surface area contributed by atoms with E-state index >= 15 is 0 Å². The summed E-state index contributed by atoms with van der Waals surface area (Å²) in [6.07, 6.45) is 62.6. The van der Waals surface area contributed by atoms with Crippen LogP contribution >= 0.6 is 0 Å². The van der Waals surface area contributed by atoms with Crippen molar-refractivity contribution < 1.29 is 15.0 Å². The Morgan fingerprint density at radius 3 is 1.35 bits per heavy atom. The third-order valence-corrected chi connectivity index (χ3v) is 9.34. The average Bonchev–Trinajstić information content (AvgIpc) is 3.15. The lowest BCUT2D eigenvalue weighted by molar-refractivity contribution is -0.123. The summed E-state index contributed by atoms with van der Waals surface area (Å²) in [5.41, 5.74) is 0. The molecule has 2 atom stereocenters. The molecule has 2 unspecified atom stereocenters. The molecule has 0 rings (SSSR count). The highest BCUT2D eigenvalue weighted by Crippen LogP contribution is 2.13. The van der Waals surface area contributed by atoms with Crippen molar-refractivity contribution in [2.75, 3.05) is 6.61 Å². The molecule has 0 spiro atoms. The Morgan fingerprint density at radius 2 is 0.865 bits per heavy atom. The summed E-state index contributed by atoms with van der Waals surface area (Å²) in [5.74, 6) is -0.105. The minimum Gasteiger partial charge on any atom is -0.394 e. The maximum Gasteiger partial charge on any atom is 0.220 e. The molecule has 0 heterocycles. The molecule has 298 valence electrons. The van der Waals surface area contributed by atoms with Crippen LogP contribution in [0.15, 0.2) is 85.1 Å². The Labute approximate surface area is 322 Å². The molecule has 4 heteroatoms. The lowest BCUT2D eigenvalue weighted by Gasteiger charge is -2.19. The summed E-state index contributed by atoms with van der Waals surface area (Å²) in [7, 11) is 0. The van der Waals surface area contributed by atoms with Gasteiger partial charge in [-0.05, 0) is 83.5 Å². The zero-order valence-electron chi connectivity index (χ0n) is 34.0. The molecule has 0 aromatic rings. The number of allylic oxidation sites excluding steroid dienone is 13. The van der Waals surface area contributed by atoms with Crippen LogP contribution in [0.25, 0.3) is 0 Å². The lowest BCUT2D eigenvalue weighted by Crippen LogP contribution is -2.45. The minimum atomic E-state index is -0.885. The number of carbonyl (C=O) groups is 1. The fourth-order valence-electron chi connectivity index (χ4n) is 6.02. The quantitative estimate of drug-likeness (QED) is 0.0439. The molecule has 4 nitrogen and oxygen atoms in total. The van der Waals surface area contributed by atoms with Crippen molar-refractivity contribution in [1.82, 2.24) is 5.32 Å². The predicted molar refractivity (Wildman–Crippen MR) is 230 cm³/mol. The van der Waals surface area contributed by atoms with Crippen LogP contribution in [0.5, 0.6) is 0 Å². The van der Waals surface area contributed by atoms with Gasteiger partial charge < -0.3 is 15.5 Å². The molecule has 0 aliphatic carbocycles. The number of rotatable bonds is 38. The van der Waals surface area contributed by atoms with Gasteiger partial charge in [-0.25, -0.2) is 0 Å². The summed E-state index contributed by atoms with van der Waals surface area (Å²) < 4.78 is 0. The van der Waals surface area contributed by atoms with Crippen molar-refractivity contribution >= 4 is 5.91 Å². The second-order valence-corrected chi connectivity index (χ2v) is 14.4. The number of unbranched alkanes of at least 4 members (excludes halogenated alkanes) is 19. The van der Waals surface area contributed by atoms with Gasteiger partial charge in [-0.3, -0.25) is 4.79 Å². The second-order valence-electron chi connectivity index (χ2n) is 14.4. The van der Waals surface area contributed by atoms with Crippen molar-refractivity contribution in [2.45, 2.75) is 206 Å². The Bertz CT molecular complexity index is 957. The van der Waals surface area contributed by atoms with E-state index in [0.717, 1.165) is 83.5 Å². The van der Waals surface area contributed by atoms with Crippen LogP contribution in [0.4, 0.5) is 0 Å². The third-order valence-electron chi connectivity index (χ3n) is 9.34. The maximum atomic E-state index is 12.4. The minimum absolute atomic E-state index is 0.105. The molecular formula is C48H83NO3. The van der Waals surface area contributed by atoms with Gasteiger partial charge in [0.2, 0.25) is 5.91 Å². The molecule has 0 saturated heterocycles. The first kappa shape index (κ1) is 49.6. The molecule has 0 fully saturated rings. The van der Waals surface area contributed by atoms with Crippen LogP contribution in [-0.4, -0.2) is 34.9 Å². The van der Waals surface area contributed by atoms with Gasteiger partial charge in [-0.15, -0.1) is 0 Å². The van der Waals surface area contributed by atoms with Crippen molar-refractivity contribution in [3.8, 4) is 0 Å². The lowest BCUT2D eigenvalue weighted by atomic mass is 10.0. The van der Waals surface area contributed by atoms with Gasteiger partial charge in [0.05, 0.1) is 18.8 Å². The van der Waals surface area contributed by atoms with E-state index in [0.29, 0.717) is 6.42 Å². The van der Waals surface area contributed by atoms with E-state index in [9.17, 15) is 15.0 Å². The van der Waals surface area contributed by atoms with Crippen molar-refractivity contribution in [1.29, 1.82) is 0 Å². The van der Waals surface area contributed by atoms with E-state index in [4.69, 9.17) is 0 Å². The largest absolute Gasteiger partial charge is 0.394 e. The highest BCUT2D eigenvalue weighted by Gasteiger charge is 2.17. The SMILES string of the molecule is CC/C=C\C/C=C\C/C=C\C/C=C\CCCCCCC(=O)NC(CO)C(O)/C=C/CC/C=C/CC/C=C/CCCCCCCCCCCCCCC. The molecule has 0 bridgehead atoms. The first-order valence-electron chi connectivity index (χ1n) is 21.8. The molecule has 0 aromatic carbocycles. The zero-order valence-corrected chi connectivity index (χ0v) is 34.0. The number of hydrogen-bond acceptors (Lipinski definition) is 3. The van der Waals surface area contributed by atoms with Gasteiger partial charge in [0.25, 0.3) is 0 Å². The van der Waals surface area contributed by atoms with E-state index < -0.39 is 12.1 Å². The first-order chi connectivity index (χ1) is 25.7. The van der Waals surface area contributed by atoms with Crippen LogP contribution in [0, 0.1) is 0 Å². The van der Waals surface area contributed by atoms with Crippen LogP contribution in [0.3, 0.4) is 0 Å². The molecule has 0 radical (unpaired) electrons. The fourth-order valence-corrected chi connectivity index (χ4v) is 6.02. The van der Waals surface area contributed by atoms with Gasteiger partial charge in [-0.1, -0.05) is 189 Å². The van der Waals surface area contributed by atoms with Crippen LogP contribution in [0.1, 0.15) is 194 Å². The number of aliphatic hydroxyl groups excluding tert-OH is 2. The summed E-state index contributed by atoms with van der Waals surface area (Å²) >= 11 is 0. The van der Waals surface area contributed by atoms with Crippen molar-refractivity contribution in [3.63, 3.8) is 0 Å². The topological polar surface area (TPSA) is 69.6 Å². The Morgan fingerprint density at radius 1 is 0.481 bits per heavy atom.